The zero-order chi connectivity index (χ0) is 21.7. The van der Waals surface area contributed by atoms with Crippen LogP contribution in [-0.2, 0) is 17.6 Å². The Morgan fingerprint density at radius 1 is 1.10 bits per heavy atom. The highest BCUT2D eigenvalue weighted by molar-refractivity contribution is 5.89. The number of halogens is 2. The minimum absolute atomic E-state index is 0.245. The Hall–Kier alpha value is -3.42. The molecule has 30 heavy (non-hydrogen) atoms. The smallest absolute Gasteiger partial charge is 0.312 e. The number of hydrogen-bond acceptors (Lipinski definition) is 2. The Morgan fingerprint density at radius 3 is 2.60 bits per heavy atom. The van der Waals surface area contributed by atoms with Gasteiger partial charge in [0.15, 0.2) is 11.6 Å². The lowest BCUT2D eigenvalue weighted by atomic mass is 10.0. The van der Waals surface area contributed by atoms with E-state index in [4.69, 9.17) is 5.73 Å². The van der Waals surface area contributed by atoms with E-state index < -0.39 is 23.7 Å². The summed E-state index contributed by atoms with van der Waals surface area (Å²) in [6.07, 6.45) is 3.07. The normalized spacial score (nSPS) is 13.0. The monoisotopic (exact) mass is 414 g/mol. The van der Waals surface area contributed by atoms with Crippen LogP contribution in [0.15, 0.2) is 48.7 Å². The summed E-state index contributed by atoms with van der Waals surface area (Å²) in [7, 11) is 0. The van der Waals surface area contributed by atoms with Crippen LogP contribution in [0.4, 0.5) is 13.6 Å². The van der Waals surface area contributed by atoms with Crippen molar-refractivity contribution in [2.24, 2.45) is 5.73 Å². The number of rotatable bonds is 8. The Balaban J connectivity index is 1.62. The first-order valence-electron chi connectivity index (χ1n) is 9.68. The molecule has 0 radical (unpaired) electrons. The van der Waals surface area contributed by atoms with Crippen LogP contribution in [-0.4, -0.2) is 29.0 Å². The summed E-state index contributed by atoms with van der Waals surface area (Å²) < 4.78 is 26.4. The highest BCUT2D eigenvalue weighted by Crippen LogP contribution is 2.19. The van der Waals surface area contributed by atoms with Gasteiger partial charge in [-0.25, -0.2) is 13.6 Å². The standard InChI is InChI=1S/C22H24F2N4O2/c1-13(6-7-14-8-9-17(23)18(24)10-14)27-21(29)20(28-22(25)30)11-15-12-26-19-5-3-2-4-16(15)19/h2-5,8-10,12-13,20,26H,6-7,11H2,1H3,(H,27,29)(H3,25,28,30). The maximum absolute atomic E-state index is 13.3. The molecule has 6 nitrogen and oxygen atoms in total. The Bertz CT molecular complexity index is 1050. The first kappa shape index (κ1) is 21.3. The number of benzene rings is 2. The molecule has 3 rings (SSSR count). The summed E-state index contributed by atoms with van der Waals surface area (Å²) in [6, 6.07) is 9.55. The third-order valence-electron chi connectivity index (χ3n) is 4.97. The van der Waals surface area contributed by atoms with Gasteiger partial charge in [0.1, 0.15) is 6.04 Å². The second-order valence-corrected chi connectivity index (χ2v) is 7.32. The highest BCUT2D eigenvalue weighted by atomic mass is 19.2. The molecule has 3 aromatic rings. The molecule has 0 aliphatic heterocycles. The number of carbonyl (C=O) groups is 2. The molecule has 0 spiro atoms. The number of H-pyrrole nitrogens is 1. The molecular weight excluding hydrogens is 390 g/mol. The van der Waals surface area contributed by atoms with Crippen molar-refractivity contribution in [1.82, 2.24) is 15.6 Å². The van der Waals surface area contributed by atoms with Crippen molar-refractivity contribution in [2.45, 2.75) is 38.3 Å². The first-order valence-corrected chi connectivity index (χ1v) is 9.68. The third kappa shape index (κ3) is 5.34. The lowest BCUT2D eigenvalue weighted by molar-refractivity contribution is -0.123. The molecule has 3 amide bonds. The minimum atomic E-state index is -0.895. The molecule has 0 saturated carbocycles. The number of aromatic nitrogens is 1. The van der Waals surface area contributed by atoms with Gasteiger partial charge in [-0.3, -0.25) is 4.79 Å². The lowest BCUT2D eigenvalue weighted by Gasteiger charge is -2.20. The molecular formula is C22H24F2N4O2. The van der Waals surface area contributed by atoms with Gasteiger partial charge in [-0.1, -0.05) is 24.3 Å². The number of aromatic amines is 1. The number of carbonyl (C=O) groups excluding carboxylic acids is 2. The topological polar surface area (TPSA) is 100 Å². The van der Waals surface area contributed by atoms with Gasteiger partial charge in [-0.05, 0) is 49.1 Å². The number of amides is 3. The largest absolute Gasteiger partial charge is 0.361 e. The van der Waals surface area contributed by atoms with Crippen LogP contribution in [0.3, 0.4) is 0 Å². The lowest BCUT2D eigenvalue weighted by Crippen LogP contribution is -2.51. The van der Waals surface area contributed by atoms with Gasteiger partial charge < -0.3 is 21.4 Å². The van der Waals surface area contributed by atoms with Gasteiger partial charge in [0.2, 0.25) is 5.91 Å². The number of primary amides is 1. The van der Waals surface area contributed by atoms with E-state index in [0.29, 0.717) is 18.4 Å². The number of hydrogen-bond donors (Lipinski definition) is 4. The average Bonchev–Trinajstić information content (AvgIpc) is 3.11. The molecule has 0 saturated heterocycles. The van der Waals surface area contributed by atoms with Gasteiger partial charge in [0.05, 0.1) is 0 Å². The highest BCUT2D eigenvalue weighted by Gasteiger charge is 2.23. The fraction of sp³-hybridized carbons (Fsp3) is 0.273. The fourth-order valence-corrected chi connectivity index (χ4v) is 3.40. The van der Waals surface area contributed by atoms with E-state index in [1.165, 1.54) is 6.07 Å². The third-order valence-corrected chi connectivity index (χ3v) is 4.97. The number of para-hydroxylation sites is 1. The number of fused-ring (bicyclic) bond motifs is 1. The maximum atomic E-state index is 13.3. The zero-order valence-electron chi connectivity index (χ0n) is 16.5. The fourth-order valence-electron chi connectivity index (χ4n) is 3.40. The summed E-state index contributed by atoms with van der Waals surface area (Å²) in [5, 5.41) is 6.32. The Morgan fingerprint density at radius 2 is 1.87 bits per heavy atom. The average molecular weight is 414 g/mol. The number of urea groups is 1. The van der Waals surface area contributed by atoms with Crippen molar-refractivity contribution < 1.29 is 18.4 Å². The van der Waals surface area contributed by atoms with Crippen molar-refractivity contribution >= 4 is 22.8 Å². The number of nitrogens with two attached hydrogens (primary N) is 1. The van der Waals surface area contributed by atoms with Gasteiger partial charge in [-0.2, -0.15) is 0 Å². The van der Waals surface area contributed by atoms with Crippen molar-refractivity contribution in [1.29, 1.82) is 0 Å². The van der Waals surface area contributed by atoms with Crippen molar-refractivity contribution in [3.05, 3.63) is 71.4 Å². The summed E-state index contributed by atoms with van der Waals surface area (Å²) >= 11 is 0. The predicted molar refractivity (Wildman–Crippen MR) is 111 cm³/mol. The first-order chi connectivity index (χ1) is 14.3. The van der Waals surface area contributed by atoms with E-state index in [9.17, 15) is 18.4 Å². The molecule has 1 aromatic heterocycles. The van der Waals surface area contributed by atoms with Gasteiger partial charge in [0, 0.05) is 29.6 Å². The minimum Gasteiger partial charge on any atom is -0.361 e. The van der Waals surface area contributed by atoms with E-state index in [1.807, 2.05) is 31.2 Å². The van der Waals surface area contributed by atoms with E-state index in [0.717, 1.165) is 28.6 Å². The molecule has 2 unspecified atom stereocenters. The molecule has 0 aliphatic carbocycles. The quantitative estimate of drug-likeness (QED) is 0.455. The van der Waals surface area contributed by atoms with Gasteiger partial charge in [0.25, 0.3) is 0 Å². The van der Waals surface area contributed by atoms with Gasteiger partial charge >= 0.3 is 6.03 Å². The summed E-state index contributed by atoms with van der Waals surface area (Å²) in [5.74, 6) is -2.15. The van der Waals surface area contributed by atoms with Crippen molar-refractivity contribution in [3.63, 3.8) is 0 Å². The molecule has 0 fully saturated rings. The molecule has 8 heteroatoms. The molecule has 2 aromatic carbocycles. The van der Waals surface area contributed by atoms with Crippen LogP contribution in [0.5, 0.6) is 0 Å². The van der Waals surface area contributed by atoms with Gasteiger partial charge in [-0.15, -0.1) is 0 Å². The van der Waals surface area contributed by atoms with E-state index in [-0.39, 0.29) is 18.4 Å². The molecule has 5 N–H and O–H groups in total. The summed E-state index contributed by atoms with van der Waals surface area (Å²) in [4.78, 5) is 27.3. The molecule has 0 aliphatic rings. The van der Waals surface area contributed by atoms with E-state index in [2.05, 4.69) is 15.6 Å². The number of nitrogens with one attached hydrogen (secondary N) is 3. The van der Waals surface area contributed by atoms with Crippen molar-refractivity contribution in [3.8, 4) is 0 Å². The maximum Gasteiger partial charge on any atom is 0.312 e. The second kappa shape index (κ2) is 9.39. The molecule has 158 valence electrons. The van der Waals surface area contributed by atoms with Crippen LogP contribution >= 0.6 is 0 Å². The van der Waals surface area contributed by atoms with Crippen molar-refractivity contribution in [2.75, 3.05) is 0 Å². The Kier molecular flexibility index (Phi) is 6.66. The van der Waals surface area contributed by atoms with Crippen LogP contribution in [0, 0.1) is 11.6 Å². The molecule has 2 atom stereocenters. The van der Waals surface area contributed by atoms with E-state index >= 15 is 0 Å². The Labute approximate surface area is 172 Å². The molecule has 0 bridgehead atoms. The van der Waals surface area contributed by atoms with Crippen LogP contribution in [0.1, 0.15) is 24.5 Å². The van der Waals surface area contributed by atoms with E-state index in [1.54, 1.807) is 6.20 Å². The number of aryl methyl sites for hydroxylation is 1. The molecule has 1 heterocycles. The van der Waals surface area contributed by atoms with Crippen LogP contribution < -0.4 is 16.4 Å². The predicted octanol–water partition coefficient (Wildman–Crippen LogP) is 3.16. The SMILES string of the molecule is CC(CCc1ccc(F)c(F)c1)NC(=O)C(Cc1c[nH]c2ccccc12)NC(N)=O. The van der Waals surface area contributed by atoms with Crippen LogP contribution in [0.25, 0.3) is 10.9 Å². The second-order valence-electron chi connectivity index (χ2n) is 7.32. The zero-order valence-corrected chi connectivity index (χ0v) is 16.5. The van der Waals surface area contributed by atoms with Crippen LogP contribution in [0.2, 0.25) is 0 Å². The summed E-state index contributed by atoms with van der Waals surface area (Å²) in [5.41, 5.74) is 7.72. The summed E-state index contributed by atoms with van der Waals surface area (Å²) in [6.45, 7) is 1.81.